The molecule has 0 spiro atoms. The zero-order valence-corrected chi connectivity index (χ0v) is 14.0. The first-order valence-electron chi connectivity index (χ1n) is 6.89. The molecule has 0 aliphatic heterocycles. The highest BCUT2D eigenvalue weighted by atomic mass is 35.5. The highest BCUT2D eigenvalue weighted by molar-refractivity contribution is 7.98. The van der Waals surface area contributed by atoms with Crippen molar-refractivity contribution in [1.82, 2.24) is 14.9 Å². The van der Waals surface area contributed by atoms with Crippen molar-refractivity contribution < 1.29 is 4.74 Å². The topological polar surface area (TPSA) is 66.0 Å². The van der Waals surface area contributed by atoms with Gasteiger partial charge in [0.25, 0.3) is 0 Å². The Bertz CT molecular complexity index is 804. The van der Waals surface area contributed by atoms with Gasteiger partial charge in [-0.2, -0.15) is 0 Å². The molecule has 0 unspecified atom stereocenters. The van der Waals surface area contributed by atoms with E-state index in [1.54, 1.807) is 19.2 Å². The van der Waals surface area contributed by atoms with Gasteiger partial charge in [-0.1, -0.05) is 35.5 Å². The van der Waals surface area contributed by atoms with Gasteiger partial charge in [0.05, 0.1) is 7.11 Å². The van der Waals surface area contributed by atoms with Gasteiger partial charge < -0.3 is 10.6 Å². The molecule has 7 heteroatoms. The summed E-state index contributed by atoms with van der Waals surface area (Å²) >= 11 is 7.42. The van der Waals surface area contributed by atoms with Crippen LogP contribution in [0.3, 0.4) is 0 Å². The highest BCUT2D eigenvalue weighted by Gasteiger charge is 2.12. The quantitative estimate of drug-likeness (QED) is 0.564. The molecule has 0 aliphatic carbocycles. The van der Waals surface area contributed by atoms with Crippen LogP contribution in [0.2, 0.25) is 5.02 Å². The fourth-order valence-corrected chi connectivity index (χ4v) is 3.01. The minimum absolute atomic E-state index is 0.606. The van der Waals surface area contributed by atoms with Crippen molar-refractivity contribution in [3.05, 3.63) is 59.1 Å². The molecule has 3 aromatic rings. The molecule has 2 aromatic carbocycles. The average Bonchev–Trinajstić information content (AvgIpc) is 2.95. The number of hydrogen-bond acceptors (Lipinski definition) is 5. The zero-order chi connectivity index (χ0) is 16.2. The van der Waals surface area contributed by atoms with E-state index in [4.69, 9.17) is 22.2 Å². The van der Waals surface area contributed by atoms with Crippen molar-refractivity contribution in [2.45, 2.75) is 10.9 Å². The summed E-state index contributed by atoms with van der Waals surface area (Å²) in [7, 11) is 1.65. The van der Waals surface area contributed by atoms with E-state index in [0.717, 1.165) is 22.6 Å². The number of aromatic nitrogens is 3. The first-order chi connectivity index (χ1) is 11.2. The van der Waals surface area contributed by atoms with Crippen molar-refractivity contribution in [1.29, 1.82) is 0 Å². The molecule has 0 saturated heterocycles. The molecule has 1 aromatic heterocycles. The molecular formula is C16H15ClN4OS. The molecular weight excluding hydrogens is 332 g/mol. The van der Waals surface area contributed by atoms with Crippen LogP contribution < -0.4 is 10.6 Å². The third kappa shape index (κ3) is 3.60. The minimum atomic E-state index is 0.606. The molecule has 3 rings (SSSR count). The van der Waals surface area contributed by atoms with Crippen molar-refractivity contribution in [3.8, 4) is 17.1 Å². The number of methoxy groups -OCH3 is 1. The van der Waals surface area contributed by atoms with Crippen LogP contribution in [0, 0.1) is 0 Å². The molecule has 5 nitrogen and oxygen atoms in total. The standard InChI is InChI=1S/C16H15ClN4OS/c1-22-14-4-2-3-11(9-14)10-23-16-20-19-15(21(16)18)12-5-7-13(17)8-6-12/h2-9H,10,18H2,1H3. The molecule has 0 bridgehead atoms. The van der Waals surface area contributed by atoms with Crippen LogP contribution in [0.1, 0.15) is 5.56 Å². The van der Waals surface area contributed by atoms with Gasteiger partial charge in [0.15, 0.2) is 5.82 Å². The molecule has 1 heterocycles. The smallest absolute Gasteiger partial charge is 0.210 e. The molecule has 0 saturated carbocycles. The lowest BCUT2D eigenvalue weighted by molar-refractivity contribution is 0.414. The number of nitrogens with zero attached hydrogens (tertiary/aromatic N) is 3. The van der Waals surface area contributed by atoms with Crippen LogP contribution in [-0.4, -0.2) is 22.0 Å². The molecule has 0 atom stereocenters. The van der Waals surface area contributed by atoms with Crippen molar-refractivity contribution in [2.75, 3.05) is 13.0 Å². The van der Waals surface area contributed by atoms with Gasteiger partial charge in [0, 0.05) is 16.3 Å². The number of benzene rings is 2. The summed E-state index contributed by atoms with van der Waals surface area (Å²) < 4.78 is 6.72. The lowest BCUT2D eigenvalue weighted by atomic mass is 10.2. The Morgan fingerprint density at radius 2 is 1.96 bits per heavy atom. The van der Waals surface area contributed by atoms with Gasteiger partial charge >= 0.3 is 0 Å². The summed E-state index contributed by atoms with van der Waals surface area (Å²) in [5.74, 6) is 8.27. The fraction of sp³-hybridized carbons (Fsp3) is 0.125. The third-order valence-electron chi connectivity index (χ3n) is 3.27. The number of rotatable bonds is 5. The summed E-state index contributed by atoms with van der Waals surface area (Å²) in [5, 5.41) is 9.64. The molecule has 118 valence electrons. The van der Waals surface area contributed by atoms with Gasteiger partial charge in [-0.05, 0) is 42.0 Å². The van der Waals surface area contributed by atoms with Gasteiger partial charge in [-0.25, -0.2) is 4.68 Å². The second-order valence-electron chi connectivity index (χ2n) is 4.82. The monoisotopic (exact) mass is 346 g/mol. The summed E-state index contributed by atoms with van der Waals surface area (Å²) in [4.78, 5) is 0. The van der Waals surface area contributed by atoms with E-state index in [9.17, 15) is 0 Å². The van der Waals surface area contributed by atoms with E-state index in [0.29, 0.717) is 16.0 Å². The average molecular weight is 347 g/mol. The van der Waals surface area contributed by atoms with E-state index in [-0.39, 0.29) is 0 Å². The Morgan fingerprint density at radius 1 is 1.17 bits per heavy atom. The third-order valence-corrected chi connectivity index (χ3v) is 4.54. The largest absolute Gasteiger partial charge is 0.497 e. The first kappa shape index (κ1) is 15.7. The maximum atomic E-state index is 6.11. The Morgan fingerprint density at radius 3 is 2.70 bits per heavy atom. The summed E-state index contributed by atoms with van der Waals surface area (Å²) in [6.07, 6.45) is 0. The van der Waals surface area contributed by atoms with E-state index < -0.39 is 0 Å². The molecule has 23 heavy (non-hydrogen) atoms. The lowest BCUT2D eigenvalue weighted by Gasteiger charge is -2.05. The first-order valence-corrected chi connectivity index (χ1v) is 8.26. The van der Waals surface area contributed by atoms with Crippen molar-refractivity contribution >= 4 is 23.4 Å². The molecule has 2 N–H and O–H groups in total. The summed E-state index contributed by atoms with van der Waals surface area (Å²) in [6.45, 7) is 0. The highest BCUT2D eigenvalue weighted by Crippen LogP contribution is 2.26. The van der Waals surface area contributed by atoms with Crippen molar-refractivity contribution in [3.63, 3.8) is 0 Å². The predicted molar refractivity (Wildman–Crippen MR) is 93.2 cm³/mol. The Kier molecular flexibility index (Phi) is 4.73. The lowest BCUT2D eigenvalue weighted by Crippen LogP contribution is -2.11. The van der Waals surface area contributed by atoms with Crippen molar-refractivity contribution in [2.24, 2.45) is 0 Å². The minimum Gasteiger partial charge on any atom is -0.497 e. The summed E-state index contributed by atoms with van der Waals surface area (Å²) in [6, 6.07) is 15.2. The number of ether oxygens (including phenoxy) is 1. The van der Waals surface area contributed by atoms with Crippen LogP contribution in [0.25, 0.3) is 11.4 Å². The van der Waals surface area contributed by atoms with Crippen LogP contribution in [0.5, 0.6) is 5.75 Å². The van der Waals surface area contributed by atoms with Gasteiger partial charge in [0.1, 0.15) is 5.75 Å². The predicted octanol–water partition coefficient (Wildman–Crippen LogP) is 3.61. The Hall–Kier alpha value is -2.18. The Balaban J connectivity index is 1.75. The number of thioether (sulfide) groups is 1. The second-order valence-corrected chi connectivity index (χ2v) is 6.20. The summed E-state index contributed by atoms with van der Waals surface area (Å²) in [5.41, 5.74) is 2.00. The van der Waals surface area contributed by atoms with E-state index in [1.165, 1.54) is 16.4 Å². The molecule has 0 amide bonds. The van der Waals surface area contributed by atoms with Crippen LogP contribution >= 0.6 is 23.4 Å². The molecule has 0 aliphatic rings. The maximum Gasteiger partial charge on any atom is 0.210 e. The van der Waals surface area contributed by atoms with Gasteiger partial charge in [-0.3, -0.25) is 0 Å². The van der Waals surface area contributed by atoms with Crippen LogP contribution in [0.15, 0.2) is 53.7 Å². The van der Waals surface area contributed by atoms with Gasteiger partial charge in [-0.15, -0.1) is 10.2 Å². The van der Waals surface area contributed by atoms with E-state index in [1.807, 2.05) is 36.4 Å². The second kappa shape index (κ2) is 6.93. The van der Waals surface area contributed by atoms with Crippen LogP contribution in [0.4, 0.5) is 0 Å². The van der Waals surface area contributed by atoms with E-state index in [2.05, 4.69) is 10.2 Å². The van der Waals surface area contributed by atoms with Crippen LogP contribution in [-0.2, 0) is 5.75 Å². The molecule has 0 fully saturated rings. The fourth-order valence-electron chi connectivity index (χ4n) is 2.08. The number of halogens is 1. The normalized spacial score (nSPS) is 10.7. The van der Waals surface area contributed by atoms with E-state index >= 15 is 0 Å². The van der Waals surface area contributed by atoms with Gasteiger partial charge in [0.2, 0.25) is 5.16 Å². The molecule has 0 radical (unpaired) electrons. The SMILES string of the molecule is COc1cccc(CSc2nnc(-c3ccc(Cl)cc3)n2N)c1. The number of nitrogen functional groups attached to an aromatic ring is 1. The Labute approximate surface area is 143 Å². The number of nitrogens with two attached hydrogens (primary N) is 1. The number of hydrogen-bond donors (Lipinski definition) is 1. The zero-order valence-electron chi connectivity index (χ0n) is 12.4. The maximum absolute atomic E-state index is 6.11.